The summed E-state index contributed by atoms with van der Waals surface area (Å²) >= 11 is 0. The third-order valence-electron chi connectivity index (χ3n) is 1.46. The van der Waals surface area contributed by atoms with Crippen LogP contribution in [0.15, 0.2) is 6.07 Å². The number of aromatic hydroxyl groups is 1. The molecule has 1 aromatic heterocycles. The average Bonchev–Trinajstić information content (AvgIpc) is 2.10. The van der Waals surface area contributed by atoms with Crippen LogP contribution in [0.3, 0.4) is 0 Å². The quantitative estimate of drug-likeness (QED) is 0.686. The summed E-state index contributed by atoms with van der Waals surface area (Å²) in [6.45, 7) is -0.112. The van der Waals surface area contributed by atoms with Crippen molar-refractivity contribution < 1.29 is 23.0 Å². The number of nitrogens with two attached hydrogens (primary N) is 2. The molecular weight excluding hydrogens is 215 g/mol. The van der Waals surface area contributed by atoms with Crippen LogP contribution in [-0.2, 0) is 6.54 Å². The van der Waals surface area contributed by atoms with E-state index in [4.69, 9.17) is 16.6 Å². The minimum Gasteiger partial charge on any atom is -0.502 e. The molecule has 1 heterocycles. The van der Waals surface area contributed by atoms with Crippen LogP contribution in [0, 0.1) is 0 Å². The summed E-state index contributed by atoms with van der Waals surface area (Å²) in [7, 11) is 0. The summed E-state index contributed by atoms with van der Waals surface area (Å²) in [5.74, 6) is -1.85. The Hall–Kier alpha value is -1.70. The van der Waals surface area contributed by atoms with E-state index in [-0.39, 0.29) is 17.9 Å². The minimum absolute atomic E-state index is 0.0875. The van der Waals surface area contributed by atoms with Crippen molar-refractivity contribution in [3.63, 3.8) is 0 Å². The van der Waals surface area contributed by atoms with E-state index >= 15 is 0 Å². The maximum absolute atomic E-state index is 11.8. The van der Waals surface area contributed by atoms with Gasteiger partial charge in [0.05, 0.1) is 11.4 Å². The SMILES string of the molecule is NCc1cc(N)c(O)c(OC(F)(F)F)n1. The van der Waals surface area contributed by atoms with Gasteiger partial charge in [0, 0.05) is 6.54 Å². The zero-order valence-corrected chi connectivity index (χ0v) is 7.38. The molecule has 8 heteroatoms. The van der Waals surface area contributed by atoms with Crippen molar-refractivity contribution in [1.82, 2.24) is 4.98 Å². The molecular formula is C7H8F3N3O2. The van der Waals surface area contributed by atoms with Gasteiger partial charge >= 0.3 is 6.36 Å². The first kappa shape index (κ1) is 11.4. The van der Waals surface area contributed by atoms with E-state index in [1.54, 1.807) is 0 Å². The van der Waals surface area contributed by atoms with Gasteiger partial charge in [-0.2, -0.15) is 0 Å². The number of pyridine rings is 1. The van der Waals surface area contributed by atoms with E-state index < -0.39 is 18.0 Å². The second-order valence-electron chi connectivity index (χ2n) is 2.61. The predicted molar refractivity (Wildman–Crippen MR) is 44.9 cm³/mol. The lowest BCUT2D eigenvalue weighted by atomic mass is 10.3. The number of halogens is 3. The van der Waals surface area contributed by atoms with Crippen molar-refractivity contribution in [1.29, 1.82) is 0 Å². The molecule has 0 saturated carbocycles. The first-order valence-corrected chi connectivity index (χ1v) is 3.77. The van der Waals surface area contributed by atoms with Gasteiger partial charge in [-0.25, -0.2) is 4.98 Å². The molecule has 0 aliphatic rings. The van der Waals surface area contributed by atoms with Gasteiger partial charge in [0.15, 0.2) is 0 Å². The number of nitrogens with zero attached hydrogens (tertiary/aromatic N) is 1. The lowest BCUT2D eigenvalue weighted by molar-refractivity contribution is -0.276. The van der Waals surface area contributed by atoms with E-state index in [0.29, 0.717) is 0 Å². The summed E-state index contributed by atoms with van der Waals surface area (Å²) in [6.07, 6.45) is -4.94. The molecule has 1 rings (SSSR count). The van der Waals surface area contributed by atoms with Crippen LogP contribution in [-0.4, -0.2) is 16.5 Å². The smallest absolute Gasteiger partial charge is 0.502 e. The Morgan fingerprint density at radius 2 is 2.07 bits per heavy atom. The van der Waals surface area contributed by atoms with Gasteiger partial charge in [-0.05, 0) is 6.07 Å². The van der Waals surface area contributed by atoms with Crippen LogP contribution in [0.1, 0.15) is 5.69 Å². The molecule has 0 bridgehead atoms. The fourth-order valence-electron chi connectivity index (χ4n) is 0.872. The Labute approximate surface area is 82.5 Å². The number of hydrogen-bond acceptors (Lipinski definition) is 5. The maximum Gasteiger partial charge on any atom is 0.574 e. The van der Waals surface area contributed by atoms with Gasteiger partial charge in [0.2, 0.25) is 5.75 Å². The normalized spacial score (nSPS) is 11.5. The molecule has 15 heavy (non-hydrogen) atoms. The zero-order chi connectivity index (χ0) is 11.6. The van der Waals surface area contributed by atoms with Crippen molar-refractivity contribution in [2.75, 3.05) is 5.73 Å². The monoisotopic (exact) mass is 223 g/mol. The Balaban J connectivity index is 3.11. The van der Waals surface area contributed by atoms with Crippen LogP contribution >= 0.6 is 0 Å². The van der Waals surface area contributed by atoms with Crippen molar-refractivity contribution >= 4 is 5.69 Å². The number of aromatic nitrogens is 1. The second-order valence-corrected chi connectivity index (χ2v) is 2.61. The molecule has 0 unspecified atom stereocenters. The maximum atomic E-state index is 11.8. The fourth-order valence-corrected chi connectivity index (χ4v) is 0.872. The van der Waals surface area contributed by atoms with E-state index in [2.05, 4.69) is 9.72 Å². The van der Waals surface area contributed by atoms with E-state index in [1.807, 2.05) is 0 Å². The molecule has 0 saturated heterocycles. The largest absolute Gasteiger partial charge is 0.574 e. The fraction of sp³-hybridized carbons (Fsp3) is 0.286. The summed E-state index contributed by atoms with van der Waals surface area (Å²) in [6, 6.07) is 1.17. The highest BCUT2D eigenvalue weighted by atomic mass is 19.4. The third-order valence-corrected chi connectivity index (χ3v) is 1.46. The second kappa shape index (κ2) is 3.81. The molecule has 0 aliphatic heterocycles. The van der Waals surface area contributed by atoms with Crippen LogP contribution in [0.2, 0.25) is 0 Å². The van der Waals surface area contributed by atoms with Crippen molar-refractivity contribution in [2.24, 2.45) is 5.73 Å². The molecule has 5 N–H and O–H groups in total. The van der Waals surface area contributed by atoms with E-state index in [1.165, 1.54) is 6.07 Å². The minimum atomic E-state index is -4.94. The molecule has 0 aromatic carbocycles. The number of hydrogen-bond donors (Lipinski definition) is 3. The number of anilines is 1. The first-order valence-electron chi connectivity index (χ1n) is 3.77. The van der Waals surface area contributed by atoms with Crippen LogP contribution in [0.4, 0.5) is 18.9 Å². The molecule has 0 fully saturated rings. The van der Waals surface area contributed by atoms with Gasteiger partial charge in [-0.15, -0.1) is 13.2 Å². The highest BCUT2D eigenvalue weighted by Crippen LogP contribution is 2.34. The van der Waals surface area contributed by atoms with Gasteiger partial charge in [-0.3, -0.25) is 0 Å². The van der Waals surface area contributed by atoms with Gasteiger partial charge in [0.1, 0.15) is 0 Å². The Kier molecular flexibility index (Phi) is 2.89. The summed E-state index contributed by atoms with van der Waals surface area (Å²) in [5.41, 5.74) is 10.2. The van der Waals surface area contributed by atoms with Gasteiger partial charge < -0.3 is 21.3 Å². The molecule has 0 spiro atoms. The Morgan fingerprint density at radius 1 is 1.47 bits per heavy atom. The molecule has 5 nitrogen and oxygen atoms in total. The Morgan fingerprint density at radius 3 is 2.53 bits per heavy atom. The average molecular weight is 223 g/mol. The van der Waals surface area contributed by atoms with Gasteiger partial charge in [0.25, 0.3) is 5.88 Å². The zero-order valence-electron chi connectivity index (χ0n) is 7.38. The first-order chi connectivity index (χ1) is 6.83. The topological polar surface area (TPSA) is 94.4 Å². The lowest BCUT2D eigenvalue weighted by Crippen LogP contribution is -2.19. The lowest BCUT2D eigenvalue weighted by Gasteiger charge is -2.11. The molecule has 0 radical (unpaired) electrons. The number of rotatable bonds is 2. The van der Waals surface area contributed by atoms with E-state index in [0.717, 1.165) is 0 Å². The standard InChI is InChI=1S/C7H8F3N3O2/c8-7(9,10)15-6-5(14)4(12)1-3(2-11)13-6/h1,14H,2,11H2,(H2,12,13). The summed E-state index contributed by atoms with van der Waals surface area (Å²) < 4.78 is 39.0. The molecule has 0 aliphatic carbocycles. The van der Waals surface area contributed by atoms with Crippen molar-refractivity contribution in [3.8, 4) is 11.6 Å². The number of ether oxygens (including phenoxy) is 1. The molecule has 0 atom stereocenters. The van der Waals surface area contributed by atoms with Gasteiger partial charge in [-0.1, -0.05) is 0 Å². The van der Waals surface area contributed by atoms with Crippen LogP contribution in [0.5, 0.6) is 11.6 Å². The molecule has 0 amide bonds. The summed E-state index contributed by atoms with van der Waals surface area (Å²) in [4.78, 5) is 3.34. The Bertz CT molecular complexity index is 367. The van der Waals surface area contributed by atoms with Crippen LogP contribution in [0.25, 0.3) is 0 Å². The van der Waals surface area contributed by atoms with Crippen molar-refractivity contribution in [3.05, 3.63) is 11.8 Å². The van der Waals surface area contributed by atoms with Crippen molar-refractivity contribution in [2.45, 2.75) is 12.9 Å². The summed E-state index contributed by atoms with van der Waals surface area (Å²) in [5, 5.41) is 9.13. The highest BCUT2D eigenvalue weighted by Gasteiger charge is 2.33. The number of nitrogen functional groups attached to an aromatic ring is 1. The molecule has 1 aromatic rings. The third kappa shape index (κ3) is 2.88. The highest BCUT2D eigenvalue weighted by molar-refractivity contribution is 5.57. The number of alkyl halides is 3. The van der Waals surface area contributed by atoms with Crippen LogP contribution < -0.4 is 16.2 Å². The van der Waals surface area contributed by atoms with E-state index in [9.17, 15) is 13.2 Å². The molecule has 84 valence electrons. The predicted octanol–water partition coefficient (Wildman–Crippen LogP) is 0.727.